The van der Waals surface area contributed by atoms with Gasteiger partial charge in [0.05, 0.1) is 21.7 Å². The van der Waals surface area contributed by atoms with Crippen LogP contribution in [0.15, 0.2) is 41.3 Å². The van der Waals surface area contributed by atoms with E-state index in [9.17, 15) is 26.4 Å². The van der Waals surface area contributed by atoms with Crippen molar-refractivity contribution >= 4 is 15.9 Å². The number of carbonyl (C=O) groups is 1. The number of halogens is 3. The van der Waals surface area contributed by atoms with Gasteiger partial charge in [0.1, 0.15) is 5.75 Å². The molecule has 0 saturated carbocycles. The quantitative estimate of drug-likeness (QED) is 0.732. The number of hydrogen-bond acceptors (Lipinski definition) is 5. The Morgan fingerprint density at radius 2 is 1.90 bits per heavy atom. The Balaban J connectivity index is 1.68. The number of pyridine rings is 1. The lowest BCUT2D eigenvalue weighted by atomic mass is 9.95. The van der Waals surface area contributed by atoms with E-state index in [0.29, 0.717) is 17.0 Å². The second-order valence-corrected chi connectivity index (χ2v) is 9.38. The van der Waals surface area contributed by atoms with E-state index in [1.54, 1.807) is 30.9 Å². The molecule has 4 rings (SSSR count). The maximum absolute atomic E-state index is 13.2. The average molecular weight is 441 g/mol. The number of nitrogens with zero attached hydrogens (tertiary/aromatic N) is 3. The summed E-state index contributed by atoms with van der Waals surface area (Å²) in [7, 11) is -4.13. The van der Waals surface area contributed by atoms with Gasteiger partial charge in [-0.15, -0.1) is 13.2 Å². The molecule has 1 fully saturated rings. The molecule has 1 unspecified atom stereocenters. The number of amides is 1. The number of carbonyl (C=O) groups excluding carboxylic acids is 1. The molecule has 2 aliphatic heterocycles. The number of ether oxygens (including phenoxy) is 1. The minimum atomic E-state index is -4.93. The fourth-order valence-corrected chi connectivity index (χ4v) is 5.52. The number of benzene rings is 1. The van der Waals surface area contributed by atoms with Gasteiger partial charge in [-0.05, 0) is 38.1 Å². The molecule has 2 aliphatic rings. The lowest BCUT2D eigenvalue weighted by Gasteiger charge is -2.44. The lowest BCUT2D eigenvalue weighted by molar-refractivity contribution is -0.274. The smallest absolute Gasteiger partial charge is 0.406 e. The van der Waals surface area contributed by atoms with Crippen LogP contribution in [0.25, 0.3) is 0 Å². The molecule has 7 nitrogen and oxygen atoms in total. The fourth-order valence-electron chi connectivity index (χ4n) is 3.97. The zero-order valence-corrected chi connectivity index (χ0v) is 16.9. The zero-order chi connectivity index (χ0) is 21.9. The third kappa shape index (κ3) is 3.31. The van der Waals surface area contributed by atoms with Gasteiger partial charge >= 0.3 is 6.36 Å². The van der Waals surface area contributed by atoms with E-state index in [2.05, 4.69) is 9.72 Å². The molecule has 2 aromatic rings. The average Bonchev–Trinajstić information content (AvgIpc) is 2.87. The standard InChI is InChI=1S/C19H18F3N3O4S/c1-12-6-7-15-16(23-12)18(2)11-24(8-9-25(18)17(15)26)30(27,28)14-5-3-4-13(10-14)29-19(20,21)22/h3-7,10H,8-9,11H2,1-2H3. The number of piperazine rings is 1. The SMILES string of the molecule is Cc1ccc2c(n1)C1(C)CN(S(=O)(=O)c3cccc(OC(F)(F)F)c3)CCN1C2=O. The van der Waals surface area contributed by atoms with Crippen molar-refractivity contribution in [3.8, 4) is 5.75 Å². The minimum Gasteiger partial charge on any atom is -0.406 e. The molecule has 0 N–H and O–H groups in total. The predicted molar refractivity (Wildman–Crippen MR) is 99.2 cm³/mol. The molecule has 0 aliphatic carbocycles. The van der Waals surface area contributed by atoms with Crippen molar-refractivity contribution < 1.29 is 31.1 Å². The lowest BCUT2D eigenvalue weighted by Crippen LogP contribution is -2.58. The van der Waals surface area contributed by atoms with Crippen LogP contribution in [0.2, 0.25) is 0 Å². The molecule has 30 heavy (non-hydrogen) atoms. The molecule has 1 aromatic carbocycles. The third-order valence-corrected chi connectivity index (χ3v) is 7.19. The molecule has 1 saturated heterocycles. The summed E-state index contributed by atoms with van der Waals surface area (Å²) in [4.78, 5) is 18.5. The van der Waals surface area contributed by atoms with Crippen LogP contribution in [0.1, 0.15) is 28.7 Å². The van der Waals surface area contributed by atoms with Gasteiger partial charge in [0.2, 0.25) is 10.0 Å². The van der Waals surface area contributed by atoms with Crippen molar-refractivity contribution in [1.29, 1.82) is 0 Å². The van der Waals surface area contributed by atoms with Crippen LogP contribution in [0.4, 0.5) is 13.2 Å². The third-order valence-electron chi connectivity index (χ3n) is 5.35. The van der Waals surface area contributed by atoms with Crippen molar-refractivity contribution in [2.24, 2.45) is 0 Å². The number of aryl methyl sites for hydroxylation is 1. The zero-order valence-electron chi connectivity index (χ0n) is 16.1. The molecule has 160 valence electrons. The molecule has 3 heterocycles. The van der Waals surface area contributed by atoms with Crippen molar-refractivity contribution in [2.75, 3.05) is 19.6 Å². The van der Waals surface area contributed by atoms with Crippen LogP contribution < -0.4 is 4.74 Å². The number of sulfonamides is 1. The van der Waals surface area contributed by atoms with E-state index < -0.39 is 27.7 Å². The first-order valence-electron chi connectivity index (χ1n) is 9.08. The summed E-state index contributed by atoms with van der Waals surface area (Å²) >= 11 is 0. The second-order valence-electron chi connectivity index (χ2n) is 7.44. The molecular weight excluding hydrogens is 423 g/mol. The number of hydrogen-bond donors (Lipinski definition) is 0. The highest BCUT2D eigenvalue weighted by molar-refractivity contribution is 7.89. The van der Waals surface area contributed by atoms with Gasteiger partial charge in [-0.3, -0.25) is 9.78 Å². The van der Waals surface area contributed by atoms with E-state index in [1.165, 1.54) is 16.4 Å². The summed E-state index contributed by atoms with van der Waals surface area (Å²) in [6.07, 6.45) is -4.93. The second kappa shape index (κ2) is 6.67. The monoisotopic (exact) mass is 441 g/mol. The first-order chi connectivity index (χ1) is 13.9. The van der Waals surface area contributed by atoms with Crippen LogP contribution in [0, 0.1) is 6.92 Å². The van der Waals surface area contributed by atoms with Gasteiger partial charge in [0, 0.05) is 31.4 Å². The Labute approximate surface area is 171 Å². The summed E-state index contributed by atoms with van der Waals surface area (Å²) in [6.45, 7) is 3.62. The van der Waals surface area contributed by atoms with E-state index in [1.807, 2.05) is 0 Å². The first-order valence-corrected chi connectivity index (χ1v) is 10.5. The molecular formula is C19H18F3N3O4S. The molecule has 11 heteroatoms. The van der Waals surface area contributed by atoms with Crippen LogP contribution in [0.3, 0.4) is 0 Å². The molecule has 0 bridgehead atoms. The van der Waals surface area contributed by atoms with Crippen molar-refractivity contribution in [3.05, 3.63) is 53.3 Å². The van der Waals surface area contributed by atoms with Gasteiger partial charge in [-0.1, -0.05) is 6.07 Å². The topological polar surface area (TPSA) is 79.8 Å². The van der Waals surface area contributed by atoms with Crippen molar-refractivity contribution in [1.82, 2.24) is 14.2 Å². The maximum atomic E-state index is 13.2. The molecule has 1 aromatic heterocycles. The Kier molecular flexibility index (Phi) is 4.58. The molecule has 0 radical (unpaired) electrons. The van der Waals surface area contributed by atoms with E-state index in [4.69, 9.17) is 0 Å². The summed E-state index contributed by atoms with van der Waals surface area (Å²) in [5.74, 6) is -0.829. The van der Waals surface area contributed by atoms with Gasteiger partial charge in [0.15, 0.2) is 0 Å². The predicted octanol–water partition coefficient (Wildman–Crippen LogP) is 2.66. The van der Waals surface area contributed by atoms with Crippen molar-refractivity contribution in [2.45, 2.75) is 30.6 Å². The number of aromatic nitrogens is 1. The van der Waals surface area contributed by atoms with E-state index in [-0.39, 0.29) is 30.4 Å². The molecule has 1 atom stereocenters. The van der Waals surface area contributed by atoms with Crippen LogP contribution in [-0.4, -0.2) is 54.5 Å². The minimum absolute atomic E-state index is 0.0149. The summed E-state index contributed by atoms with van der Waals surface area (Å²) in [6, 6.07) is 7.67. The summed E-state index contributed by atoms with van der Waals surface area (Å²) in [5, 5.41) is 0. The van der Waals surface area contributed by atoms with Crippen LogP contribution in [-0.2, 0) is 15.6 Å². The van der Waals surface area contributed by atoms with Crippen molar-refractivity contribution in [3.63, 3.8) is 0 Å². The van der Waals surface area contributed by atoms with Gasteiger partial charge in [-0.2, -0.15) is 4.31 Å². The Hall–Kier alpha value is -2.66. The van der Waals surface area contributed by atoms with Crippen LogP contribution in [0.5, 0.6) is 5.75 Å². The number of rotatable bonds is 3. The van der Waals surface area contributed by atoms with Gasteiger partial charge in [-0.25, -0.2) is 8.42 Å². The highest BCUT2D eigenvalue weighted by atomic mass is 32.2. The highest BCUT2D eigenvalue weighted by Gasteiger charge is 2.52. The van der Waals surface area contributed by atoms with E-state index in [0.717, 1.165) is 12.1 Å². The number of alkyl halides is 3. The Bertz CT molecular complexity index is 1140. The molecule has 1 amide bonds. The van der Waals surface area contributed by atoms with Crippen LogP contribution >= 0.6 is 0 Å². The summed E-state index contributed by atoms with van der Waals surface area (Å²) < 4.78 is 68.8. The normalized spacial score (nSPS) is 22.0. The Morgan fingerprint density at radius 1 is 1.17 bits per heavy atom. The summed E-state index contributed by atoms with van der Waals surface area (Å²) in [5.41, 5.74) is 0.662. The number of fused-ring (bicyclic) bond motifs is 3. The fraction of sp³-hybridized carbons (Fsp3) is 0.368. The van der Waals surface area contributed by atoms with Gasteiger partial charge < -0.3 is 9.64 Å². The highest BCUT2D eigenvalue weighted by Crippen LogP contribution is 2.41. The van der Waals surface area contributed by atoms with Gasteiger partial charge in [0.25, 0.3) is 5.91 Å². The van der Waals surface area contributed by atoms with E-state index >= 15 is 0 Å². The Morgan fingerprint density at radius 3 is 2.60 bits per heavy atom. The maximum Gasteiger partial charge on any atom is 0.573 e. The largest absolute Gasteiger partial charge is 0.573 e. The first kappa shape index (κ1) is 20.6. The molecule has 0 spiro atoms.